The molecule has 4 nitrogen and oxygen atoms in total. The number of unbranched alkanes of at least 4 members (excludes halogenated alkanes) is 2. The smallest absolute Gasteiger partial charge is 0.295 e. The number of carbonyl (C=O) groups is 2. The largest absolute Gasteiger partial charge is 0.507 e. The average Bonchev–Trinajstić information content (AvgIpc) is 3.00. The molecule has 164 valence electrons. The van der Waals surface area contributed by atoms with Crippen molar-refractivity contribution in [2.75, 3.05) is 6.54 Å². The molecule has 1 atom stereocenters. The molecule has 0 aromatic heterocycles. The summed E-state index contributed by atoms with van der Waals surface area (Å²) >= 11 is 0. The van der Waals surface area contributed by atoms with Crippen LogP contribution < -0.4 is 0 Å². The molecule has 1 N–H and O–H groups in total. The summed E-state index contributed by atoms with van der Waals surface area (Å²) in [5, 5.41) is 11.3. The SMILES string of the molecule is CCCCCN1C(=O)C(=O)/C(=C(/O)c2cc(C)ccc2C)C1c1ccc(C(C)C)cc1. The van der Waals surface area contributed by atoms with Crippen molar-refractivity contribution in [2.45, 2.75) is 65.8 Å². The Bertz CT molecular complexity index is 1000. The number of aliphatic hydroxyl groups is 1. The molecule has 31 heavy (non-hydrogen) atoms. The number of amides is 1. The maximum atomic E-state index is 13.1. The second kappa shape index (κ2) is 9.51. The van der Waals surface area contributed by atoms with Crippen LogP contribution in [0, 0.1) is 13.8 Å². The standard InChI is InChI=1S/C27H33NO3/c1-6-7-8-15-28-24(21-13-11-20(12-14-21)17(2)3)23(26(30)27(28)31)25(29)22-16-18(4)9-10-19(22)5/h9-14,16-17,24,29H,6-8,15H2,1-5H3/b25-23+. The van der Waals surface area contributed by atoms with Crippen LogP contribution in [0.2, 0.25) is 0 Å². The van der Waals surface area contributed by atoms with Gasteiger partial charge in [0.05, 0.1) is 11.6 Å². The summed E-state index contributed by atoms with van der Waals surface area (Å²) in [5.74, 6) is -0.830. The number of carbonyl (C=O) groups excluding carboxylic acids is 2. The van der Waals surface area contributed by atoms with Gasteiger partial charge in [0.15, 0.2) is 0 Å². The fraction of sp³-hybridized carbons (Fsp3) is 0.407. The number of hydrogen-bond donors (Lipinski definition) is 1. The quantitative estimate of drug-likeness (QED) is 0.258. The van der Waals surface area contributed by atoms with Gasteiger partial charge >= 0.3 is 0 Å². The minimum absolute atomic E-state index is 0.0875. The first kappa shape index (κ1) is 22.8. The van der Waals surface area contributed by atoms with E-state index in [1.807, 2.05) is 56.3 Å². The molecule has 1 unspecified atom stereocenters. The van der Waals surface area contributed by atoms with E-state index >= 15 is 0 Å². The molecule has 3 rings (SSSR count). The molecular weight excluding hydrogens is 386 g/mol. The van der Waals surface area contributed by atoms with E-state index in [0.717, 1.165) is 36.0 Å². The summed E-state index contributed by atoms with van der Waals surface area (Å²) in [6.45, 7) is 10.7. The van der Waals surface area contributed by atoms with Crippen LogP contribution in [0.3, 0.4) is 0 Å². The summed E-state index contributed by atoms with van der Waals surface area (Å²) in [6, 6.07) is 13.2. The van der Waals surface area contributed by atoms with Gasteiger partial charge in [-0.2, -0.15) is 0 Å². The normalized spacial score (nSPS) is 18.3. The molecular formula is C27H33NO3. The highest BCUT2D eigenvalue weighted by Gasteiger charge is 2.45. The van der Waals surface area contributed by atoms with Crippen molar-refractivity contribution in [2.24, 2.45) is 0 Å². The monoisotopic (exact) mass is 419 g/mol. The molecule has 1 aliphatic heterocycles. The number of aryl methyl sites for hydroxylation is 2. The van der Waals surface area contributed by atoms with Crippen LogP contribution >= 0.6 is 0 Å². The van der Waals surface area contributed by atoms with Crippen LogP contribution in [0.4, 0.5) is 0 Å². The van der Waals surface area contributed by atoms with Crippen LogP contribution in [0.5, 0.6) is 0 Å². The minimum Gasteiger partial charge on any atom is -0.507 e. The van der Waals surface area contributed by atoms with Crippen LogP contribution in [0.15, 0.2) is 48.0 Å². The summed E-state index contributed by atoms with van der Waals surface area (Å²) in [5.41, 5.74) is 4.70. The minimum atomic E-state index is -0.604. The Kier molecular flexibility index (Phi) is 6.99. The molecule has 2 aromatic rings. The molecule has 1 amide bonds. The van der Waals surface area contributed by atoms with Crippen molar-refractivity contribution < 1.29 is 14.7 Å². The molecule has 0 spiro atoms. The van der Waals surface area contributed by atoms with Crippen LogP contribution in [-0.2, 0) is 9.59 Å². The van der Waals surface area contributed by atoms with Crippen molar-refractivity contribution in [3.63, 3.8) is 0 Å². The first-order chi connectivity index (χ1) is 14.8. The first-order valence-corrected chi connectivity index (χ1v) is 11.2. The maximum absolute atomic E-state index is 13.1. The summed E-state index contributed by atoms with van der Waals surface area (Å²) in [7, 11) is 0. The van der Waals surface area contributed by atoms with E-state index in [2.05, 4.69) is 20.8 Å². The van der Waals surface area contributed by atoms with E-state index < -0.39 is 17.7 Å². The van der Waals surface area contributed by atoms with Gasteiger partial charge in [0, 0.05) is 12.1 Å². The van der Waals surface area contributed by atoms with Crippen LogP contribution in [-0.4, -0.2) is 28.2 Å². The maximum Gasteiger partial charge on any atom is 0.295 e. The van der Waals surface area contributed by atoms with Crippen molar-refractivity contribution in [1.82, 2.24) is 4.90 Å². The molecule has 0 radical (unpaired) electrons. The number of likely N-dealkylation sites (tertiary alicyclic amines) is 1. The Labute approximate surface area is 185 Å². The third-order valence-corrected chi connectivity index (χ3v) is 6.11. The Hall–Kier alpha value is -2.88. The Balaban J connectivity index is 2.15. The molecule has 0 aliphatic carbocycles. The fourth-order valence-corrected chi connectivity index (χ4v) is 4.19. The van der Waals surface area contributed by atoms with Gasteiger partial charge in [-0.25, -0.2) is 0 Å². The zero-order chi connectivity index (χ0) is 22.7. The van der Waals surface area contributed by atoms with Gasteiger partial charge in [0.2, 0.25) is 0 Å². The second-order valence-electron chi connectivity index (χ2n) is 8.84. The van der Waals surface area contributed by atoms with E-state index in [1.54, 1.807) is 4.90 Å². The third kappa shape index (κ3) is 4.58. The van der Waals surface area contributed by atoms with Crippen molar-refractivity contribution in [3.05, 3.63) is 75.9 Å². The van der Waals surface area contributed by atoms with Gasteiger partial charge in [0.1, 0.15) is 5.76 Å². The Morgan fingerprint density at radius 1 is 1.03 bits per heavy atom. The van der Waals surface area contributed by atoms with E-state index in [9.17, 15) is 14.7 Å². The number of benzene rings is 2. The molecule has 4 heteroatoms. The van der Waals surface area contributed by atoms with E-state index in [-0.39, 0.29) is 11.3 Å². The zero-order valence-corrected chi connectivity index (χ0v) is 19.2. The molecule has 0 saturated carbocycles. The van der Waals surface area contributed by atoms with Crippen molar-refractivity contribution in [1.29, 1.82) is 0 Å². The number of aliphatic hydroxyl groups excluding tert-OH is 1. The number of rotatable bonds is 7. The summed E-state index contributed by atoms with van der Waals surface area (Å²) < 4.78 is 0. The van der Waals surface area contributed by atoms with Gasteiger partial charge in [0.25, 0.3) is 11.7 Å². The van der Waals surface area contributed by atoms with Gasteiger partial charge in [-0.1, -0.05) is 75.6 Å². The molecule has 2 aromatic carbocycles. The van der Waals surface area contributed by atoms with Crippen molar-refractivity contribution >= 4 is 17.4 Å². The number of hydrogen-bond acceptors (Lipinski definition) is 3. The lowest BCUT2D eigenvalue weighted by molar-refractivity contribution is -0.139. The lowest BCUT2D eigenvalue weighted by atomic mass is 9.92. The Morgan fingerprint density at radius 2 is 1.71 bits per heavy atom. The molecule has 1 fully saturated rings. The summed E-state index contributed by atoms with van der Waals surface area (Å²) in [4.78, 5) is 27.7. The van der Waals surface area contributed by atoms with Gasteiger partial charge in [-0.3, -0.25) is 9.59 Å². The number of Topliss-reactive ketones (excluding diaryl/α,β-unsaturated/α-hetero) is 1. The predicted molar refractivity (Wildman–Crippen MR) is 125 cm³/mol. The number of ketones is 1. The highest BCUT2D eigenvalue weighted by Crippen LogP contribution is 2.40. The predicted octanol–water partition coefficient (Wildman–Crippen LogP) is 6.04. The highest BCUT2D eigenvalue weighted by molar-refractivity contribution is 6.46. The van der Waals surface area contributed by atoms with E-state index in [1.165, 1.54) is 5.56 Å². The van der Waals surface area contributed by atoms with Crippen LogP contribution in [0.1, 0.15) is 79.8 Å². The number of nitrogens with zero attached hydrogens (tertiary/aromatic N) is 1. The van der Waals surface area contributed by atoms with Gasteiger partial charge < -0.3 is 10.0 Å². The van der Waals surface area contributed by atoms with E-state index in [0.29, 0.717) is 18.0 Å². The van der Waals surface area contributed by atoms with Gasteiger partial charge in [-0.05, 0) is 48.9 Å². The summed E-state index contributed by atoms with van der Waals surface area (Å²) in [6.07, 6.45) is 2.84. The van der Waals surface area contributed by atoms with Crippen molar-refractivity contribution in [3.8, 4) is 0 Å². The highest BCUT2D eigenvalue weighted by atomic mass is 16.3. The molecule has 0 bridgehead atoms. The zero-order valence-electron chi connectivity index (χ0n) is 19.2. The van der Waals surface area contributed by atoms with Crippen LogP contribution in [0.25, 0.3) is 5.76 Å². The molecule has 1 aliphatic rings. The van der Waals surface area contributed by atoms with E-state index in [4.69, 9.17) is 0 Å². The average molecular weight is 420 g/mol. The lowest BCUT2D eigenvalue weighted by Gasteiger charge is -2.26. The third-order valence-electron chi connectivity index (χ3n) is 6.11. The topological polar surface area (TPSA) is 57.6 Å². The fourth-order valence-electron chi connectivity index (χ4n) is 4.19. The van der Waals surface area contributed by atoms with Gasteiger partial charge in [-0.15, -0.1) is 0 Å². The second-order valence-corrected chi connectivity index (χ2v) is 8.84. The lowest BCUT2D eigenvalue weighted by Crippen LogP contribution is -2.30. The molecule has 1 heterocycles. The Morgan fingerprint density at radius 3 is 2.32 bits per heavy atom. The molecule has 1 saturated heterocycles. The first-order valence-electron chi connectivity index (χ1n) is 11.2.